The van der Waals surface area contributed by atoms with Crippen molar-refractivity contribution in [3.8, 4) is 5.75 Å². The van der Waals surface area contributed by atoms with E-state index in [1.165, 1.54) is 29.3 Å². The third-order valence-electron chi connectivity index (χ3n) is 4.94. The number of methoxy groups -OCH3 is 1. The van der Waals surface area contributed by atoms with Gasteiger partial charge in [0.25, 0.3) is 5.56 Å². The molecule has 0 aliphatic heterocycles. The van der Waals surface area contributed by atoms with Gasteiger partial charge < -0.3 is 10.1 Å². The second kappa shape index (κ2) is 7.93. The molecule has 6 nitrogen and oxygen atoms in total. The minimum absolute atomic E-state index is 0.123. The molecule has 0 fully saturated rings. The van der Waals surface area contributed by atoms with E-state index in [0.717, 1.165) is 36.1 Å². The molecule has 0 saturated carbocycles. The number of ether oxygens (including phenoxy) is 1. The van der Waals surface area contributed by atoms with Crippen LogP contribution in [0.1, 0.15) is 29.7 Å². The van der Waals surface area contributed by atoms with E-state index in [2.05, 4.69) is 10.3 Å². The van der Waals surface area contributed by atoms with Gasteiger partial charge >= 0.3 is 0 Å². The average Bonchev–Trinajstić information content (AvgIpc) is 2.86. The zero-order valence-corrected chi connectivity index (χ0v) is 17.0. The molecule has 146 valence electrons. The van der Waals surface area contributed by atoms with Crippen molar-refractivity contribution in [2.75, 3.05) is 12.4 Å². The van der Waals surface area contributed by atoms with Gasteiger partial charge in [0.1, 0.15) is 17.1 Å². The van der Waals surface area contributed by atoms with Crippen molar-refractivity contribution in [2.24, 2.45) is 0 Å². The number of benzene rings is 1. The summed E-state index contributed by atoms with van der Waals surface area (Å²) in [5.41, 5.74) is 1.44. The van der Waals surface area contributed by atoms with E-state index in [-0.39, 0.29) is 18.0 Å². The van der Waals surface area contributed by atoms with Gasteiger partial charge in [-0.25, -0.2) is 4.98 Å². The first-order chi connectivity index (χ1) is 13.6. The van der Waals surface area contributed by atoms with Gasteiger partial charge in [-0.3, -0.25) is 14.2 Å². The Balaban J connectivity index is 1.62. The molecule has 0 radical (unpaired) electrons. The molecule has 2 aromatic heterocycles. The van der Waals surface area contributed by atoms with Crippen molar-refractivity contribution in [3.63, 3.8) is 0 Å². The quantitative estimate of drug-likeness (QED) is 0.650. The maximum absolute atomic E-state index is 13.0. The van der Waals surface area contributed by atoms with Gasteiger partial charge in [0, 0.05) is 9.90 Å². The molecule has 8 heteroatoms. The lowest BCUT2D eigenvalue weighted by Gasteiger charge is -2.11. The molecule has 0 spiro atoms. The minimum Gasteiger partial charge on any atom is -0.495 e. The number of amides is 1. The van der Waals surface area contributed by atoms with Crippen molar-refractivity contribution in [1.29, 1.82) is 0 Å². The topological polar surface area (TPSA) is 73.2 Å². The highest BCUT2D eigenvalue weighted by molar-refractivity contribution is 7.18. The van der Waals surface area contributed by atoms with Crippen LogP contribution in [0.4, 0.5) is 5.69 Å². The maximum Gasteiger partial charge on any atom is 0.262 e. The van der Waals surface area contributed by atoms with E-state index < -0.39 is 0 Å². The van der Waals surface area contributed by atoms with Crippen LogP contribution in [-0.4, -0.2) is 22.6 Å². The fraction of sp³-hybridized carbons (Fsp3) is 0.350. The van der Waals surface area contributed by atoms with Crippen LogP contribution in [-0.2, 0) is 24.2 Å². The van der Waals surface area contributed by atoms with Crippen LogP contribution >= 0.6 is 22.9 Å². The summed E-state index contributed by atoms with van der Waals surface area (Å²) in [7, 11) is 1.52. The molecule has 2 heterocycles. The number of rotatable bonds is 4. The molecule has 1 aromatic carbocycles. The molecular weight excluding hydrogens is 398 g/mol. The number of nitrogens with one attached hydrogen (secondary N) is 1. The molecule has 0 atom stereocenters. The van der Waals surface area contributed by atoms with Crippen molar-refractivity contribution < 1.29 is 9.53 Å². The minimum atomic E-state index is -0.342. The number of aryl methyl sites for hydroxylation is 2. The third kappa shape index (κ3) is 3.64. The predicted octanol–water partition coefficient (Wildman–Crippen LogP) is 4.03. The number of nitrogens with zero attached hydrogens (tertiary/aromatic N) is 2. The first kappa shape index (κ1) is 19.0. The van der Waals surface area contributed by atoms with Gasteiger partial charge in [-0.05, 0) is 49.4 Å². The zero-order valence-electron chi connectivity index (χ0n) is 15.5. The Morgan fingerprint density at radius 1 is 1.32 bits per heavy atom. The second-order valence-electron chi connectivity index (χ2n) is 6.82. The Morgan fingerprint density at radius 3 is 2.96 bits per heavy atom. The highest BCUT2D eigenvalue weighted by atomic mass is 35.5. The normalized spacial score (nSPS) is 13.8. The van der Waals surface area contributed by atoms with E-state index in [4.69, 9.17) is 16.3 Å². The number of hydrogen-bond acceptors (Lipinski definition) is 5. The molecule has 4 rings (SSSR count). The van der Waals surface area contributed by atoms with Gasteiger partial charge in [0.05, 0.1) is 24.5 Å². The van der Waals surface area contributed by atoms with Gasteiger partial charge in [-0.2, -0.15) is 0 Å². The summed E-state index contributed by atoms with van der Waals surface area (Å²) in [6.07, 6.45) is 6.78. The number of hydrogen-bond donors (Lipinski definition) is 1. The smallest absolute Gasteiger partial charge is 0.262 e. The molecule has 1 amide bonds. The zero-order chi connectivity index (χ0) is 19.7. The molecule has 0 saturated heterocycles. The summed E-state index contributed by atoms with van der Waals surface area (Å²) in [6, 6.07) is 4.97. The SMILES string of the molecule is COc1ccc(Cl)cc1NC(=O)Cn1cnc2sc3c(c2c1=O)CCCCC3. The predicted molar refractivity (Wildman–Crippen MR) is 112 cm³/mol. The van der Waals surface area contributed by atoms with Crippen LogP contribution in [0, 0.1) is 0 Å². The highest BCUT2D eigenvalue weighted by Crippen LogP contribution is 2.32. The Bertz CT molecular complexity index is 1110. The molecule has 1 aliphatic rings. The molecule has 0 unspecified atom stereocenters. The number of thiophene rings is 1. The van der Waals surface area contributed by atoms with E-state index in [0.29, 0.717) is 21.8 Å². The molecule has 1 aliphatic carbocycles. The number of carbonyl (C=O) groups excluding carboxylic acids is 1. The highest BCUT2D eigenvalue weighted by Gasteiger charge is 2.20. The Morgan fingerprint density at radius 2 is 2.14 bits per heavy atom. The van der Waals surface area contributed by atoms with Crippen molar-refractivity contribution in [3.05, 3.63) is 50.3 Å². The standard InChI is InChI=1S/C20H20ClN3O3S/c1-27-15-8-7-12(21)9-14(15)23-17(25)10-24-11-22-19-18(20(24)26)13-5-3-2-4-6-16(13)28-19/h7-9,11H,2-6,10H2,1H3,(H,23,25). The summed E-state index contributed by atoms with van der Waals surface area (Å²) >= 11 is 7.61. The first-order valence-corrected chi connectivity index (χ1v) is 10.4. The summed E-state index contributed by atoms with van der Waals surface area (Å²) in [6.45, 7) is -0.123. The number of halogens is 1. The van der Waals surface area contributed by atoms with Gasteiger partial charge in [-0.15, -0.1) is 11.3 Å². The van der Waals surface area contributed by atoms with Crippen molar-refractivity contribution in [2.45, 2.75) is 38.6 Å². The van der Waals surface area contributed by atoms with Gasteiger partial charge in [-0.1, -0.05) is 18.0 Å². The molecule has 1 N–H and O–H groups in total. The average molecular weight is 418 g/mol. The monoisotopic (exact) mass is 417 g/mol. The Hall–Kier alpha value is -2.38. The lowest BCUT2D eigenvalue weighted by Crippen LogP contribution is -2.28. The van der Waals surface area contributed by atoms with Crippen LogP contribution in [0.25, 0.3) is 10.2 Å². The number of fused-ring (bicyclic) bond motifs is 3. The Kier molecular flexibility index (Phi) is 5.37. The largest absolute Gasteiger partial charge is 0.495 e. The second-order valence-corrected chi connectivity index (χ2v) is 8.34. The van der Waals surface area contributed by atoms with E-state index in [1.807, 2.05) is 0 Å². The van der Waals surface area contributed by atoms with Crippen molar-refractivity contribution in [1.82, 2.24) is 9.55 Å². The fourth-order valence-electron chi connectivity index (χ4n) is 3.59. The third-order valence-corrected chi connectivity index (χ3v) is 6.38. The van der Waals surface area contributed by atoms with Crippen LogP contribution in [0.15, 0.2) is 29.3 Å². The molecule has 28 heavy (non-hydrogen) atoms. The van der Waals surface area contributed by atoms with Crippen molar-refractivity contribution >= 4 is 44.7 Å². The molecular formula is C20H20ClN3O3S. The number of carbonyl (C=O) groups is 1. The molecule has 3 aromatic rings. The van der Waals surface area contributed by atoms with Gasteiger partial charge in [0.2, 0.25) is 5.91 Å². The summed E-state index contributed by atoms with van der Waals surface area (Å²) in [5.74, 6) is 0.159. The van der Waals surface area contributed by atoms with E-state index in [9.17, 15) is 9.59 Å². The van der Waals surface area contributed by atoms with Gasteiger partial charge in [0.15, 0.2) is 0 Å². The summed E-state index contributed by atoms with van der Waals surface area (Å²) in [5, 5.41) is 3.92. The van der Waals surface area contributed by atoms with E-state index >= 15 is 0 Å². The van der Waals surface area contributed by atoms with Crippen LogP contribution in [0.5, 0.6) is 5.75 Å². The fourth-order valence-corrected chi connectivity index (χ4v) is 4.98. The lowest BCUT2D eigenvalue weighted by atomic mass is 10.1. The summed E-state index contributed by atoms with van der Waals surface area (Å²) < 4.78 is 6.61. The van der Waals surface area contributed by atoms with Crippen LogP contribution in [0.2, 0.25) is 5.02 Å². The number of anilines is 1. The van der Waals surface area contributed by atoms with Crippen LogP contribution in [0.3, 0.4) is 0 Å². The maximum atomic E-state index is 13.0. The molecule has 0 bridgehead atoms. The lowest BCUT2D eigenvalue weighted by molar-refractivity contribution is -0.116. The summed E-state index contributed by atoms with van der Waals surface area (Å²) in [4.78, 5) is 32.1. The number of aromatic nitrogens is 2. The van der Waals surface area contributed by atoms with Crippen LogP contribution < -0.4 is 15.6 Å². The van der Waals surface area contributed by atoms with E-state index in [1.54, 1.807) is 29.5 Å². The Labute approximate surface area is 171 Å². The first-order valence-electron chi connectivity index (χ1n) is 9.20.